The number of hydrogen-bond acceptors (Lipinski definition) is 5. The van der Waals surface area contributed by atoms with Crippen molar-refractivity contribution >= 4 is 16.9 Å². The highest BCUT2D eigenvalue weighted by molar-refractivity contribution is 5.84. The van der Waals surface area contributed by atoms with Crippen molar-refractivity contribution < 1.29 is 9.32 Å². The molecule has 0 aliphatic carbocycles. The molecule has 0 spiro atoms. The maximum atomic E-state index is 13.1. The summed E-state index contributed by atoms with van der Waals surface area (Å²) < 4.78 is 8.27. The Labute approximate surface area is 179 Å². The van der Waals surface area contributed by atoms with Crippen LogP contribution in [0.5, 0.6) is 0 Å². The molecule has 0 fully saturated rings. The molecule has 2 heterocycles. The highest BCUT2D eigenvalue weighted by Gasteiger charge is 2.19. The molecular weight excluding hydrogens is 394 g/mol. The van der Waals surface area contributed by atoms with Gasteiger partial charge >= 0.3 is 5.69 Å². The van der Waals surface area contributed by atoms with Crippen molar-refractivity contribution in [1.29, 1.82) is 0 Å². The van der Waals surface area contributed by atoms with Crippen molar-refractivity contribution in [3.05, 3.63) is 70.0 Å². The average molecular weight is 419 g/mol. The van der Waals surface area contributed by atoms with E-state index in [1.54, 1.807) is 11.5 Å². The van der Waals surface area contributed by atoms with Crippen LogP contribution in [-0.2, 0) is 17.9 Å². The summed E-state index contributed by atoms with van der Waals surface area (Å²) in [6.45, 7) is 7.95. The molecule has 0 saturated carbocycles. The SMILES string of the molecule is Cc1nc(-c2ccc3c(c2)n(CC(=O)NCc2ccccc2C)c(=O)n3C(C)C)no1. The summed E-state index contributed by atoms with van der Waals surface area (Å²) in [6.07, 6.45) is 0. The van der Waals surface area contributed by atoms with Gasteiger partial charge < -0.3 is 9.84 Å². The normalized spacial score (nSPS) is 11.4. The molecule has 31 heavy (non-hydrogen) atoms. The minimum absolute atomic E-state index is 0.0513. The first-order valence-electron chi connectivity index (χ1n) is 10.2. The summed E-state index contributed by atoms with van der Waals surface area (Å²) in [5.41, 5.74) is 4.07. The predicted molar refractivity (Wildman–Crippen MR) is 118 cm³/mol. The highest BCUT2D eigenvalue weighted by atomic mass is 16.5. The average Bonchev–Trinajstić information content (AvgIpc) is 3.28. The number of benzene rings is 2. The molecule has 0 aliphatic heterocycles. The van der Waals surface area contributed by atoms with E-state index in [-0.39, 0.29) is 24.2 Å². The minimum atomic E-state index is -0.228. The zero-order valence-corrected chi connectivity index (χ0v) is 18.0. The van der Waals surface area contributed by atoms with Gasteiger partial charge in [-0.25, -0.2) is 4.79 Å². The number of rotatable bonds is 6. The van der Waals surface area contributed by atoms with Crippen molar-refractivity contribution in [1.82, 2.24) is 24.6 Å². The van der Waals surface area contributed by atoms with Crippen LogP contribution in [-0.4, -0.2) is 25.2 Å². The van der Waals surface area contributed by atoms with Gasteiger partial charge in [0.1, 0.15) is 6.54 Å². The molecule has 160 valence electrons. The Kier molecular flexibility index (Phi) is 5.46. The van der Waals surface area contributed by atoms with Crippen molar-refractivity contribution in [3.8, 4) is 11.4 Å². The Hall–Kier alpha value is -3.68. The molecule has 0 aliphatic rings. The number of aryl methyl sites for hydroxylation is 2. The third-order valence-electron chi connectivity index (χ3n) is 5.30. The van der Waals surface area contributed by atoms with Gasteiger partial charge in [0.25, 0.3) is 0 Å². The molecule has 8 heteroatoms. The van der Waals surface area contributed by atoms with E-state index in [0.717, 1.165) is 22.2 Å². The van der Waals surface area contributed by atoms with E-state index in [2.05, 4.69) is 15.5 Å². The molecule has 8 nitrogen and oxygen atoms in total. The van der Waals surface area contributed by atoms with Gasteiger partial charge in [-0.15, -0.1) is 0 Å². The molecule has 0 bridgehead atoms. The Morgan fingerprint density at radius 3 is 2.58 bits per heavy atom. The number of fused-ring (bicyclic) bond motifs is 1. The van der Waals surface area contributed by atoms with E-state index in [0.29, 0.717) is 23.8 Å². The van der Waals surface area contributed by atoms with Gasteiger partial charge in [-0.1, -0.05) is 29.4 Å². The minimum Gasteiger partial charge on any atom is -0.350 e. The van der Waals surface area contributed by atoms with Crippen molar-refractivity contribution in [2.24, 2.45) is 0 Å². The summed E-state index contributed by atoms with van der Waals surface area (Å²) >= 11 is 0. The van der Waals surface area contributed by atoms with Crippen LogP contribution in [0.25, 0.3) is 22.4 Å². The maximum Gasteiger partial charge on any atom is 0.329 e. The van der Waals surface area contributed by atoms with Crippen LogP contribution in [0.4, 0.5) is 0 Å². The summed E-state index contributed by atoms with van der Waals surface area (Å²) in [6, 6.07) is 13.4. The number of hydrogen-bond donors (Lipinski definition) is 1. The van der Waals surface area contributed by atoms with Crippen LogP contribution in [0.2, 0.25) is 0 Å². The fraction of sp³-hybridized carbons (Fsp3) is 0.304. The maximum absolute atomic E-state index is 13.1. The van der Waals surface area contributed by atoms with Crippen molar-refractivity contribution in [2.45, 2.75) is 46.8 Å². The second-order valence-electron chi connectivity index (χ2n) is 7.88. The van der Waals surface area contributed by atoms with Crippen LogP contribution in [0, 0.1) is 13.8 Å². The Balaban J connectivity index is 1.68. The van der Waals surface area contributed by atoms with Crippen LogP contribution < -0.4 is 11.0 Å². The zero-order valence-electron chi connectivity index (χ0n) is 18.0. The topological polar surface area (TPSA) is 95.0 Å². The van der Waals surface area contributed by atoms with Gasteiger partial charge in [0.2, 0.25) is 17.6 Å². The molecule has 0 atom stereocenters. The number of amides is 1. The van der Waals surface area contributed by atoms with Gasteiger partial charge in [-0.3, -0.25) is 13.9 Å². The third kappa shape index (κ3) is 4.01. The lowest BCUT2D eigenvalue weighted by molar-refractivity contribution is -0.121. The van der Waals surface area contributed by atoms with Crippen molar-refractivity contribution in [2.75, 3.05) is 0 Å². The molecule has 0 saturated heterocycles. The molecule has 1 N–H and O–H groups in total. The predicted octanol–water partition coefficient (Wildman–Crippen LogP) is 3.37. The zero-order chi connectivity index (χ0) is 22.1. The fourth-order valence-electron chi connectivity index (χ4n) is 3.69. The monoisotopic (exact) mass is 419 g/mol. The first-order chi connectivity index (χ1) is 14.8. The number of aromatic nitrogens is 4. The number of nitrogens with zero attached hydrogens (tertiary/aromatic N) is 4. The van der Waals surface area contributed by atoms with Crippen LogP contribution in [0.3, 0.4) is 0 Å². The highest BCUT2D eigenvalue weighted by Crippen LogP contribution is 2.24. The van der Waals surface area contributed by atoms with E-state index in [1.807, 2.05) is 63.2 Å². The van der Waals surface area contributed by atoms with Gasteiger partial charge in [-0.05, 0) is 50.1 Å². The number of imidazole rings is 1. The summed E-state index contributed by atoms with van der Waals surface area (Å²) in [5.74, 6) is 0.677. The van der Waals surface area contributed by atoms with Gasteiger partial charge in [0, 0.05) is 25.1 Å². The summed E-state index contributed by atoms with van der Waals surface area (Å²) in [7, 11) is 0. The van der Waals surface area contributed by atoms with E-state index in [4.69, 9.17) is 4.52 Å². The Morgan fingerprint density at radius 2 is 1.90 bits per heavy atom. The lowest BCUT2D eigenvalue weighted by Crippen LogP contribution is -2.33. The van der Waals surface area contributed by atoms with E-state index in [9.17, 15) is 9.59 Å². The molecule has 0 unspecified atom stereocenters. The van der Waals surface area contributed by atoms with Crippen LogP contribution in [0.1, 0.15) is 36.9 Å². The molecule has 2 aromatic heterocycles. The molecule has 0 radical (unpaired) electrons. The van der Waals surface area contributed by atoms with E-state index >= 15 is 0 Å². The van der Waals surface area contributed by atoms with Crippen LogP contribution >= 0.6 is 0 Å². The lowest BCUT2D eigenvalue weighted by atomic mass is 10.1. The molecule has 2 aromatic carbocycles. The Bertz CT molecular complexity index is 1310. The molecule has 1 amide bonds. The smallest absolute Gasteiger partial charge is 0.329 e. The van der Waals surface area contributed by atoms with Crippen LogP contribution in [0.15, 0.2) is 51.8 Å². The van der Waals surface area contributed by atoms with E-state index < -0.39 is 0 Å². The second-order valence-corrected chi connectivity index (χ2v) is 7.88. The van der Waals surface area contributed by atoms with Gasteiger partial charge in [-0.2, -0.15) is 4.98 Å². The summed E-state index contributed by atoms with van der Waals surface area (Å²) in [4.78, 5) is 30.1. The third-order valence-corrected chi connectivity index (χ3v) is 5.30. The standard InChI is InChI=1S/C23H25N5O3/c1-14(2)28-19-10-9-17(22-25-16(4)31-26-22)11-20(19)27(23(28)30)13-21(29)24-12-18-8-6-5-7-15(18)3/h5-11,14H,12-13H2,1-4H3,(H,24,29). The number of carbonyl (C=O) groups is 1. The quantitative estimate of drug-likeness (QED) is 0.517. The number of carbonyl (C=O) groups excluding carboxylic acids is 1. The first kappa shape index (κ1) is 20.6. The number of nitrogens with one attached hydrogen (secondary N) is 1. The van der Waals surface area contributed by atoms with Crippen molar-refractivity contribution in [3.63, 3.8) is 0 Å². The largest absolute Gasteiger partial charge is 0.350 e. The summed E-state index contributed by atoms with van der Waals surface area (Å²) in [5, 5.41) is 6.88. The van der Waals surface area contributed by atoms with E-state index in [1.165, 1.54) is 4.57 Å². The Morgan fingerprint density at radius 1 is 1.13 bits per heavy atom. The molecule has 4 rings (SSSR count). The van der Waals surface area contributed by atoms with Gasteiger partial charge in [0.05, 0.1) is 11.0 Å². The molecule has 4 aromatic rings. The fourth-order valence-corrected chi connectivity index (χ4v) is 3.69. The second kappa shape index (κ2) is 8.22. The first-order valence-corrected chi connectivity index (χ1v) is 10.2. The van der Waals surface area contributed by atoms with Gasteiger partial charge in [0.15, 0.2) is 0 Å². The lowest BCUT2D eigenvalue weighted by Gasteiger charge is -2.09. The molecular formula is C23H25N5O3.